The lowest BCUT2D eigenvalue weighted by Crippen LogP contribution is -2.57. The van der Waals surface area contributed by atoms with Crippen LogP contribution in [-0.4, -0.2) is 40.5 Å². The standard InChI is InChI=1S/C21H31N3O4/c1-13(2)10-16(23-20(27)28-21(3,4)5)19(26)24-12-15-9-7-6-8-14(15)11-17(24)18(22)25/h6-9,13,16-17H,10-12H2,1-5H3,(H2,22,25)(H,23,27)/t16-,17+/m0/s1. The molecule has 0 spiro atoms. The summed E-state index contributed by atoms with van der Waals surface area (Å²) >= 11 is 0. The summed E-state index contributed by atoms with van der Waals surface area (Å²) < 4.78 is 5.31. The van der Waals surface area contributed by atoms with Crippen LogP contribution in [0.3, 0.4) is 0 Å². The number of ether oxygens (including phenoxy) is 1. The summed E-state index contributed by atoms with van der Waals surface area (Å²) in [6.07, 6.45) is 0.152. The first kappa shape index (κ1) is 21.7. The number of nitrogens with one attached hydrogen (secondary N) is 1. The highest BCUT2D eigenvalue weighted by atomic mass is 16.6. The van der Waals surface area contributed by atoms with E-state index in [4.69, 9.17) is 10.5 Å². The van der Waals surface area contributed by atoms with Crippen LogP contribution in [0.4, 0.5) is 4.79 Å². The van der Waals surface area contributed by atoms with Crippen LogP contribution in [0.25, 0.3) is 0 Å². The molecular weight excluding hydrogens is 358 g/mol. The number of primary amides is 1. The van der Waals surface area contributed by atoms with Crippen LogP contribution in [0.1, 0.15) is 52.2 Å². The van der Waals surface area contributed by atoms with Crippen molar-refractivity contribution in [2.75, 3.05) is 0 Å². The minimum absolute atomic E-state index is 0.160. The zero-order valence-electron chi connectivity index (χ0n) is 17.3. The number of amides is 3. The van der Waals surface area contributed by atoms with Crippen molar-refractivity contribution in [3.05, 3.63) is 35.4 Å². The van der Waals surface area contributed by atoms with E-state index in [1.165, 1.54) is 4.90 Å². The number of nitrogens with zero attached hydrogens (tertiary/aromatic N) is 1. The number of hydrogen-bond acceptors (Lipinski definition) is 4. The minimum atomic E-state index is -0.790. The van der Waals surface area contributed by atoms with Crippen molar-refractivity contribution < 1.29 is 19.1 Å². The number of hydrogen-bond donors (Lipinski definition) is 2. The fourth-order valence-corrected chi connectivity index (χ4v) is 3.35. The maximum Gasteiger partial charge on any atom is 0.408 e. The van der Waals surface area contributed by atoms with Gasteiger partial charge in [-0.1, -0.05) is 38.1 Å². The highest BCUT2D eigenvalue weighted by molar-refractivity contribution is 5.91. The summed E-state index contributed by atoms with van der Waals surface area (Å²) in [6.45, 7) is 9.50. The molecule has 1 aliphatic rings. The van der Waals surface area contributed by atoms with E-state index in [0.29, 0.717) is 12.8 Å². The summed E-state index contributed by atoms with van der Waals surface area (Å²) in [5.41, 5.74) is 6.91. The first-order valence-corrected chi connectivity index (χ1v) is 9.64. The van der Waals surface area contributed by atoms with E-state index in [0.717, 1.165) is 11.1 Å². The van der Waals surface area contributed by atoms with Crippen LogP contribution >= 0.6 is 0 Å². The molecule has 7 heteroatoms. The van der Waals surface area contributed by atoms with Crippen molar-refractivity contribution in [1.82, 2.24) is 10.2 Å². The normalized spacial score (nSPS) is 17.6. The molecule has 3 amide bonds. The minimum Gasteiger partial charge on any atom is -0.444 e. The Kier molecular flexibility index (Phi) is 6.69. The van der Waals surface area contributed by atoms with Crippen LogP contribution in [-0.2, 0) is 27.3 Å². The molecule has 1 aliphatic heterocycles. The Morgan fingerprint density at radius 2 is 1.82 bits per heavy atom. The van der Waals surface area contributed by atoms with Gasteiger partial charge in [-0.05, 0) is 44.2 Å². The summed E-state index contributed by atoms with van der Waals surface area (Å²) in [5, 5.41) is 2.68. The Hall–Kier alpha value is -2.57. The Labute approximate surface area is 166 Å². The first-order valence-electron chi connectivity index (χ1n) is 9.64. The molecule has 1 heterocycles. The number of fused-ring (bicyclic) bond motifs is 1. The van der Waals surface area contributed by atoms with Gasteiger partial charge in [0.1, 0.15) is 17.7 Å². The predicted octanol–water partition coefficient (Wildman–Crippen LogP) is 2.36. The Balaban J connectivity index is 2.25. The molecule has 1 aromatic rings. The summed E-state index contributed by atoms with van der Waals surface area (Å²) in [7, 11) is 0. The van der Waals surface area contributed by atoms with E-state index in [2.05, 4.69) is 5.32 Å². The molecule has 0 radical (unpaired) electrons. The average molecular weight is 389 g/mol. The smallest absolute Gasteiger partial charge is 0.408 e. The largest absolute Gasteiger partial charge is 0.444 e. The first-order chi connectivity index (χ1) is 13.0. The molecule has 1 aromatic carbocycles. The van der Waals surface area contributed by atoms with Gasteiger partial charge in [-0.25, -0.2) is 4.79 Å². The molecule has 0 saturated heterocycles. The van der Waals surface area contributed by atoms with Gasteiger partial charge in [-0.3, -0.25) is 9.59 Å². The Bertz CT molecular complexity index is 739. The van der Waals surface area contributed by atoms with E-state index in [9.17, 15) is 14.4 Å². The molecule has 154 valence electrons. The molecule has 2 atom stereocenters. The van der Waals surface area contributed by atoms with Gasteiger partial charge < -0.3 is 20.7 Å². The molecule has 3 N–H and O–H groups in total. The van der Waals surface area contributed by atoms with Crippen molar-refractivity contribution in [3.63, 3.8) is 0 Å². The zero-order chi connectivity index (χ0) is 21.1. The fraction of sp³-hybridized carbons (Fsp3) is 0.571. The number of carbonyl (C=O) groups excluding carboxylic acids is 3. The van der Waals surface area contributed by atoms with Crippen LogP contribution in [0.2, 0.25) is 0 Å². The lowest BCUT2D eigenvalue weighted by atomic mass is 9.92. The Morgan fingerprint density at radius 1 is 1.21 bits per heavy atom. The van der Waals surface area contributed by atoms with Crippen LogP contribution < -0.4 is 11.1 Å². The maximum atomic E-state index is 13.3. The summed E-state index contributed by atoms with van der Waals surface area (Å²) in [4.78, 5) is 39.1. The van der Waals surface area contributed by atoms with Gasteiger partial charge in [0.05, 0.1) is 0 Å². The monoisotopic (exact) mass is 389 g/mol. The van der Waals surface area contributed by atoms with Crippen molar-refractivity contribution in [3.8, 4) is 0 Å². The second-order valence-electron chi connectivity index (χ2n) is 8.69. The quantitative estimate of drug-likeness (QED) is 0.807. The molecule has 0 bridgehead atoms. The van der Waals surface area contributed by atoms with Gasteiger partial charge in [0.2, 0.25) is 11.8 Å². The highest BCUT2D eigenvalue weighted by Crippen LogP contribution is 2.25. The third kappa shape index (κ3) is 5.71. The second kappa shape index (κ2) is 8.63. The van der Waals surface area contributed by atoms with Gasteiger partial charge in [0.25, 0.3) is 0 Å². The zero-order valence-corrected chi connectivity index (χ0v) is 17.3. The fourth-order valence-electron chi connectivity index (χ4n) is 3.35. The van der Waals surface area contributed by atoms with Crippen LogP contribution in [0.15, 0.2) is 24.3 Å². The lowest BCUT2D eigenvalue weighted by Gasteiger charge is -2.37. The summed E-state index contributed by atoms with van der Waals surface area (Å²) in [5.74, 6) is -0.714. The molecule has 7 nitrogen and oxygen atoms in total. The van der Waals surface area contributed by atoms with Crippen molar-refractivity contribution in [1.29, 1.82) is 0 Å². The van der Waals surface area contributed by atoms with Gasteiger partial charge >= 0.3 is 6.09 Å². The molecule has 0 aliphatic carbocycles. The molecular formula is C21H31N3O4. The number of benzene rings is 1. The lowest BCUT2D eigenvalue weighted by molar-refractivity contribution is -0.142. The number of rotatable bonds is 5. The van der Waals surface area contributed by atoms with Gasteiger partial charge in [0.15, 0.2) is 0 Å². The van der Waals surface area contributed by atoms with E-state index in [-0.39, 0.29) is 18.4 Å². The van der Waals surface area contributed by atoms with E-state index in [1.807, 2.05) is 38.1 Å². The maximum absolute atomic E-state index is 13.3. The number of carbonyl (C=O) groups is 3. The average Bonchev–Trinajstić information content (AvgIpc) is 2.57. The van der Waals surface area contributed by atoms with E-state index < -0.39 is 29.7 Å². The van der Waals surface area contributed by atoms with Crippen LogP contribution in [0, 0.1) is 5.92 Å². The summed E-state index contributed by atoms with van der Waals surface area (Å²) in [6, 6.07) is 6.15. The van der Waals surface area contributed by atoms with E-state index in [1.54, 1.807) is 20.8 Å². The molecule has 0 fully saturated rings. The Morgan fingerprint density at radius 3 is 2.36 bits per heavy atom. The second-order valence-corrected chi connectivity index (χ2v) is 8.69. The van der Waals surface area contributed by atoms with E-state index >= 15 is 0 Å². The molecule has 0 saturated carbocycles. The van der Waals surface area contributed by atoms with Gasteiger partial charge in [-0.15, -0.1) is 0 Å². The highest BCUT2D eigenvalue weighted by Gasteiger charge is 2.37. The number of nitrogens with two attached hydrogens (primary N) is 1. The molecule has 0 aromatic heterocycles. The van der Waals surface area contributed by atoms with Crippen LogP contribution in [0.5, 0.6) is 0 Å². The van der Waals surface area contributed by atoms with Gasteiger partial charge in [0, 0.05) is 13.0 Å². The van der Waals surface area contributed by atoms with Gasteiger partial charge in [-0.2, -0.15) is 0 Å². The third-order valence-corrected chi connectivity index (χ3v) is 4.56. The molecule has 2 rings (SSSR count). The SMILES string of the molecule is CC(C)C[C@H](NC(=O)OC(C)(C)C)C(=O)N1Cc2ccccc2C[C@@H]1C(N)=O. The third-order valence-electron chi connectivity index (χ3n) is 4.56. The number of alkyl carbamates (subject to hydrolysis) is 1. The predicted molar refractivity (Wildman–Crippen MR) is 106 cm³/mol. The van der Waals surface area contributed by atoms with Crippen molar-refractivity contribution in [2.45, 2.75) is 71.7 Å². The topological polar surface area (TPSA) is 102 Å². The van der Waals surface area contributed by atoms with Crippen molar-refractivity contribution >= 4 is 17.9 Å². The van der Waals surface area contributed by atoms with Crippen molar-refractivity contribution in [2.24, 2.45) is 11.7 Å². The molecule has 28 heavy (non-hydrogen) atoms. The molecule has 0 unspecified atom stereocenters.